The van der Waals surface area contributed by atoms with Gasteiger partial charge in [0.05, 0.1) is 22.6 Å². The normalized spacial score (nSPS) is 13.0. The van der Waals surface area contributed by atoms with E-state index in [-0.39, 0.29) is 18.1 Å². The monoisotopic (exact) mass is 382 g/mol. The van der Waals surface area contributed by atoms with Crippen molar-refractivity contribution >= 4 is 22.9 Å². The highest BCUT2D eigenvalue weighted by Gasteiger charge is 2.19. The number of nitrogens with one attached hydrogen (secondary N) is 2. The van der Waals surface area contributed by atoms with E-state index < -0.39 is 0 Å². The van der Waals surface area contributed by atoms with E-state index in [1.165, 1.54) is 11.3 Å². The van der Waals surface area contributed by atoms with E-state index in [2.05, 4.69) is 20.5 Å². The number of rotatable bonds is 4. The average molecular weight is 382 g/mol. The Bertz CT molecular complexity index is 1090. The predicted octanol–water partition coefficient (Wildman–Crippen LogP) is 3.02. The molecule has 0 saturated heterocycles. The maximum Gasteiger partial charge on any atom is 0.274 e. The number of carbonyl (C=O) groups excluding carboxylic acids is 1. The second-order valence-corrected chi connectivity index (χ2v) is 7.00. The molecule has 7 nitrogen and oxygen atoms in total. The first-order valence-corrected chi connectivity index (χ1v) is 9.62. The summed E-state index contributed by atoms with van der Waals surface area (Å²) >= 11 is 1.42. The van der Waals surface area contributed by atoms with Crippen molar-refractivity contribution in [2.45, 2.75) is 26.7 Å². The number of carbonyl (C=O) groups is 1. The first kappa shape index (κ1) is 17.4. The van der Waals surface area contributed by atoms with E-state index in [4.69, 9.17) is 4.74 Å². The van der Waals surface area contributed by atoms with Gasteiger partial charge < -0.3 is 10.1 Å². The van der Waals surface area contributed by atoms with Crippen molar-refractivity contribution in [2.75, 3.05) is 11.9 Å². The quantitative estimate of drug-likeness (QED) is 0.723. The van der Waals surface area contributed by atoms with Gasteiger partial charge in [-0.25, -0.2) is 10.1 Å². The summed E-state index contributed by atoms with van der Waals surface area (Å²) in [5, 5.41) is 12.1. The molecule has 0 aliphatic carbocycles. The van der Waals surface area contributed by atoms with Gasteiger partial charge in [0.25, 0.3) is 11.5 Å². The van der Waals surface area contributed by atoms with E-state index in [0.29, 0.717) is 28.4 Å². The zero-order chi connectivity index (χ0) is 19.0. The van der Waals surface area contributed by atoms with Crippen LogP contribution in [0, 0.1) is 0 Å². The molecule has 0 atom stereocenters. The molecule has 0 bridgehead atoms. The van der Waals surface area contributed by atoms with Gasteiger partial charge in [0.2, 0.25) is 0 Å². The highest BCUT2D eigenvalue weighted by Crippen LogP contribution is 2.35. The van der Waals surface area contributed by atoms with E-state index in [1.54, 1.807) is 0 Å². The number of anilines is 1. The number of aromatic amines is 1. The molecule has 138 valence electrons. The smallest absolute Gasteiger partial charge is 0.274 e. The second-order valence-electron chi connectivity index (χ2n) is 6.15. The molecule has 0 unspecified atom stereocenters. The molecule has 3 heterocycles. The van der Waals surface area contributed by atoms with Crippen molar-refractivity contribution in [3.63, 3.8) is 0 Å². The highest BCUT2D eigenvalue weighted by atomic mass is 32.1. The molecule has 1 aliphatic heterocycles. The number of fused-ring (bicyclic) bond motifs is 1. The third kappa shape index (κ3) is 3.12. The number of amides is 1. The summed E-state index contributed by atoms with van der Waals surface area (Å²) in [5.74, 6) is 0.460. The zero-order valence-electron chi connectivity index (χ0n) is 15.0. The van der Waals surface area contributed by atoms with Crippen molar-refractivity contribution in [3.8, 4) is 27.6 Å². The lowest BCUT2D eigenvalue weighted by molar-refractivity contribution is -0.118. The maximum absolute atomic E-state index is 12.4. The van der Waals surface area contributed by atoms with Crippen LogP contribution in [0.15, 0.2) is 28.4 Å². The van der Waals surface area contributed by atoms with Crippen molar-refractivity contribution in [2.24, 2.45) is 0 Å². The van der Waals surface area contributed by atoms with Gasteiger partial charge in [0.15, 0.2) is 6.61 Å². The van der Waals surface area contributed by atoms with Crippen molar-refractivity contribution in [1.29, 1.82) is 0 Å². The van der Waals surface area contributed by atoms with Crippen LogP contribution in [0.2, 0.25) is 0 Å². The van der Waals surface area contributed by atoms with Crippen LogP contribution in [-0.2, 0) is 17.6 Å². The molecule has 1 amide bonds. The molecule has 0 fully saturated rings. The van der Waals surface area contributed by atoms with E-state index in [0.717, 1.165) is 28.9 Å². The molecule has 27 heavy (non-hydrogen) atoms. The van der Waals surface area contributed by atoms with Crippen LogP contribution in [0.4, 0.5) is 5.69 Å². The van der Waals surface area contributed by atoms with E-state index >= 15 is 0 Å². The van der Waals surface area contributed by atoms with Crippen molar-refractivity contribution in [3.05, 3.63) is 45.2 Å². The average Bonchev–Trinajstić information content (AvgIpc) is 3.16. The summed E-state index contributed by atoms with van der Waals surface area (Å²) in [7, 11) is 0. The molecule has 2 N–H and O–H groups in total. The van der Waals surface area contributed by atoms with Crippen LogP contribution in [-0.4, -0.2) is 27.7 Å². The Morgan fingerprint density at radius 2 is 2.07 bits per heavy atom. The molecule has 8 heteroatoms. The first-order chi connectivity index (χ1) is 13.1. The molecular weight excluding hydrogens is 364 g/mol. The molecule has 2 aromatic heterocycles. The highest BCUT2D eigenvalue weighted by molar-refractivity contribution is 7.13. The fourth-order valence-corrected chi connectivity index (χ4v) is 4.08. The summed E-state index contributed by atoms with van der Waals surface area (Å²) in [6, 6.07) is 5.54. The molecule has 1 aromatic carbocycles. The number of aromatic nitrogens is 3. The number of nitrogens with zero attached hydrogens (tertiary/aromatic N) is 2. The van der Waals surface area contributed by atoms with Crippen LogP contribution >= 0.6 is 11.3 Å². The van der Waals surface area contributed by atoms with Crippen molar-refractivity contribution < 1.29 is 9.53 Å². The van der Waals surface area contributed by atoms with Gasteiger partial charge in [-0.15, -0.1) is 11.3 Å². The first-order valence-electron chi connectivity index (χ1n) is 8.74. The van der Waals surface area contributed by atoms with E-state index in [9.17, 15) is 9.59 Å². The predicted molar refractivity (Wildman–Crippen MR) is 104 cm³/mol. The Kier molecular flexibility index (Phi) is 4.49. The lowest BCUT2D eigenvalue weighted by atomic mass is 10.0. The summed E-state index contributed by atoms with van der Waals surface area (Å²) in [4.78, 5) is 28.6. The largest absolute Gasteiger partial charge is 0.482 e. The molecule has 1 aliphatic rings. The van der Waals surface area contributed by atoms with Crippen LogP contribution in [0.25, 0.3) is 21.8 Å². The number of benzene rings is 1. The Balaban J connectivity index is 1.76. The molecular formula is C19H18N4O3S. The molecule has 3 aromatic rings. The zero-order valence-corrected chi connectivity index (χ0v) is 15.8. The lowest BCUT2D eigenvalue weighted by Crippen LogP contribution is -2.25. The van der Waals surface area contributed by atoms with Crippen LogP contribution < -0.4 is 15.6 Å². The van der Waals surface area contributed by atoms with Crippen molar-refractivity contribution in [1.82, 2.24) is 15.2 Å². The van der Waals surface area contributed by atoms with Gasteiger partial charge >= 0.3 is 0 Å². The van der Waals surface area contributed by atoms with Gasteiger partial charge in [-0.1, -0.05) is 13.8 Å². The Morgan fingerprint density at radius 1 is 1.22 bits per heavy atom. The molecule has 4 rings (SSSR count). The second kappa shape index (κ2) is 6.96. The number of thiazole rings is 1. The van der Waals surface area contributed by atoms with Gasteiger partial charge in [0.1, 0.15) is 10.8 Å². The van der Waals surface area contributed by atoms with Gasteiger partial charge in [-0.2, -0.15) is 5.10 Å². The Morgan fingerprint density at radius 3 is 2.85 bits per heavy atom. The van der Waals surface area contributed by atoms with Crippen LogP contribution in [0.3, 0.4) is 0 Å². The summed E-state index contributed by atoms with van der Waals surface area (Å²) < 4.78 is 5.39. The number of hydrogen-bond donors (Lipinski definition) is 2. The summed E-state index contributed by atoms with van der Waals surface area (Å²) in [6.45, 7) is 4.05. The van der Waals surface area contributed by atoms with Gasteiger partial charge in [-0.05, 0) is 36.6 Å². The Labute approximate surface area is 159 Å². The van der Waals surface area contributed by atoms with Gasteiger partial charge in [0, 0.05) is 10.9 Å². The van der Waals surface area contributed by atoms with E-state index in [1.807, 2.05) is 37.4 Å². The minimum atomic E-state index is -0.226. The third-order valence-corrected chi connectivity index (χ3v) is 5.34. The number of ether oxygens (including phenoxy) is 1. The minimum Gasteiger partial charge on any atom is -0.482 e. The number of hydrogen-bond acceptors (Lipinski definition) is 6. The van der Waals surface area contributed by atoms with Crippen LogP contribution in [0.1, 0.15) is 25.1 Å². The number of H-pyrrole nitrogens is 1. The standard InChI is InChI=1S/C19H18N4O3S/c1-3-11-12(4-2)22-23-18(25)17(11)19-21-14(9-27-19)10-5-6-15-13(7-10)20-16(24)8-26-15/h5-7,9H,3-4,8H2,1-2H3,(H,20,24)(H,23,25). The fraction of sp³-hybridized carbons (Fsp3) is 0.263. The lowest BCUT2D eigenvalue weighted by Gasteiger charge is -2.18. The third-order valence-electron chi connectivity index (χ3n) is 4.48. The van der Waals surface area contributed by atoms with Crippen LogP contribution in [0.5, 0.6) is 5.75 Å². The SMILES string of the molecule is CCc1n[nH]c(=O)c(-c2nc(-c3ccc4c(c3)NC(=O)CO4)cs2)c1CC. The molecule has 0 saturated carbocycles. The topological polar surface area (TPSA) is 97.0 Å². The fourth-order valence-electron chi connectivity index (χ4n) is 3.19. The summed E-state index contributed by atoms with van der Waals surface area (Å²) in [5.41, 5.74) is 4.41. The minimum absolute atomic E-state index is 0.0254. The number of aryl methyl sites for hydroxylation is 1. The molecule has 0 spiro atoms. The molecule has 0 radical (unpaired) electrons. The summed E-state index contributed by atoms with van der Waals surface area (Å²) in [6.07, 6.45) is 1.46. The van der Waals surface area contributed by atoms with Gasteiger partial charge in [-0.3, -0.25) is 9.59 Å². The maximum atomic E-state index is 12.4. The Hall–Kier alpha value is -3.00.